The third kappa shape index (κ3) is 3.43. The van der Waals surface area contributed by atoms with Crippen LogP contribution in [-0.4, -0.2) is 32.5 Å². The quantitative estimate of drug-likeness (QED) is 0.859. The zero-order valence-corrected chi connectivity index (χ0v) is 14.0. The van der Waals surface area contributed by atoms with Crippen molar-refractivity contribution in [2.45, 2.75) is 51.6 Å². The lowest BCUT2D eigenvalue weighted by molar-refractivity contribution is 0.153. The van der Waals surface area contributed by atoms with Crippen LogP contribution in [0.2, 0.25) is 0 Å². The van der Waals surface area contributed by atoms with Crippen molar-refractivity contribution >= 4 is 0 Å². The first-order valence-corrected chi connectivity index (χ1v) is 8.98. The van der Waals surface area contributed by atoms with Gasteiger partial charge in [0.15, 0.2) is 0 Å². The zero-order valence-electron chi connectivity index (χ0n) is 14.0. The molecule has 6 nitrogen and oxygen atoms in total. The van der Waals surface area contributed by atoms with Crippen molar-refractivity contribution in [3.05, 3.63) is 46.3 Å². The van der Waals surface area contributed by atoms with E-state index >= 15 is 0 Å². The first-order valence-electron chi connectivity index (χ1n) is 8.98. The largest absolute Gasteiger partial charge is 0.444 e. The van der Waals surface area contributed by atoms with E-state index in [0.717, 1.165) is 63.5 Å². The lowest BCUT2D eigenvalue weighted by Gasteiger charge is -2.31. The van der Waals surface area contributed by atoms with Crippen molar-refractivity contribution in [3.8, 4) is 0 Å². The summed E-state index contributed by atoms with van der Waals surface area (Å²) in [4.78, 5) is 22.9. The van der Waals surface area contributed by atoms with Crippen molar-refractivity contribution < 1.29 is 4.42 Å². The Morgan fingerprint density at radius 1 is 1.21 bits per heavy atom. The van der Waals surface area contributed by atoms with E-state index in [1.165, 1.54) is 24.6 Å². The molecule has 0 radical (unpaired) electrons. The number of rotatable bonds is 4. The van der Waals surface area contributed by atoms with E-state index in [1.54, 1.807) is 17.1 Å². The highest BCUT2D eigenvalue weighted by Crippen LogP contribution is 2.24. The van der Waals surface area contributed by atoms with Crippen molar-refractivity contribution in [1.82, 2.24) is 19.4 Å². The van der Waals surface area contributed by atoms with Gasteiger partial charge in [0.1, 0.15) is 5.76 Å². The van der Waals surface area contributed by atoms with E-state index in [4.69, 9.17) is 4.42 Å². The van der Waals surface area contributed by atoms with E-state index in [-0.39, 0.29) is 5.56 Å². The molecule has 0 atom stereocenters. The van der Waals surface area contributed by atoms with Crippen molar-refractivity contribution in [3.63, 3.8) is 0 Å². The smallest absolute Gasteiger partial charge is 0.253 e. The molecule has 128 valence electrons. The van der Waals surface area contributed by atoms with Crippen LogP contribution in [-0.2, 0) is 25.9 Å². The molecule has 0 N–H and O–H groups in total. The van der Waals surface area contributed by atoms with Crippen LogP contribution in [0.3, 0.4) is 0 Å². The standard InChI is InChI=1S/C18H24N4O2/c23-18-5-8-19-13-22(18)11-14-6-9-21(10-7-14)12-17-20-15-3-1-2-4-16(15)24-17/h5,8,13-14H,1-4,6-7,9-12H2. The lowest BCUT2D eigenvalue weighted by atomic mass is 9.97. The molecule has 0 bridgehead atoms. The fourth-order valence-corrected chi connectivity index (χ4v) is 3.79. The number of nitrogens with zero attached hydrogens (tertiary/aromatic N) is 4. The number of hydrogen-bond donors (Lipinski definition) is 0. The second-order valence-electron chi connectivity index (χ2n) is 6.97. The van der Waals surface area contributed by atoms with Crippen molar-refractivity contribution in [2.24, 2.45) is 5.92 Å². The second kappa shape index (κ2) is 6.89. The minimum absolute atomic E-state index is 0.0396. The lowest BCUT2D eigenvalue weighted by Crippen LogP contribution is -2.36. The maximum absolute atomic E-state index is 11.8. The highest BCUT2D eigenvalue weighted by atomic mass is 16.4. The minimum Gasteiger partial charge on any atom is -0.444 e. The van der Waals surface area contributed by atoms with Gasteiger partial charge in [-0.25, -0.2) is 9.97 Å². The average Bonchev–Trinajstić information content (AvgIpc) is 3.01. The maximum atomic E-state index is 11.8. The van der Waals surface area contributed by atoms with Gasteiger partial charge in [0.25, 0.3) is 5.56 Å². The SMILES string of the molecule is O=c1ccncn1CC1CCN(Cc2nc3c(o2)CCCC3)CC1. The fourth-order valence-electron chi connectivity index (χ4n) is 3.79. The van der Waals surface area contributed by atoms with Crippen LogP contribution in [0.4, 0.5) is 0 Å². The summed E-state index contributed by atoms with van der Waals surface area (Å²) in [5, 5.41) is 0. The molecule has 2 aromatic rings. The van der Waals surface area contributed by atoms with Gasteiger partial charge in [0.2, 0.25) is 5.89 Å². The van der Waals surface area contributed by atoms with E-state index in [9.17, 15) is 4.79 Å². The summed E-state index contributed by atoms with van der Waals surface area (Å²) in [7, 11) is 0. The summed E-state index contributed by atoms with van der Waals surface area (Å²) in [6.07, 6.45) is 9.97. The maximum Gasteiger partial charge on any atom is 0.253 e. The third-order valence-electron chi connectivity index (χ3n) is 5.20. The molecule has 3 heterocycles. The van der Waals surface area contributed by atoms with Gasteiger partial charge in [-0.1, -0.05) is 0 Å². The molecule has 4 rings (SSSR count). The Morgan fingerprint density at radius 3 is 2.83 bits per heavy atom. The van der Waals surface area contributed by atoms with Gasteiger partial charge in [-0.05, 0) is 51.1 Å². The van der Waals surface area contributed by atoms with Gasteiger partial charge >= 0.3 is 0 Å². The Balaban J connectivity index is 1.31. The van der Waals surface area contributed by atoms with Gasteiger partial charge < -0.3 is 4.42 Å². The number of aryl methyl sites for hydroxylation is 2. The number of fused-ring (bicyclic) bond motifs is 1. The first-order chi connectivity index (χ1) is 11.8. The third-order valence-corrected chi connectivity index (χ3v) is 5.20. The molecule has 1 aliphatic heterocycles. The first kappa shape index (κ1) is 15.6. The van der Waals surface area contributed by atoms with Crippen LogP contribution in [0.15, 0.2) is 27.8 Å². The molecule has 0 spiro atoms. The van der Waals surface area contributed by atoms with Gasteiger partial charge in [0.05, 0.1) is 18.6 Å². The van der Waals surface area contributed by atoms with Crippen molar-refractivity contribution in [2.75, 3.05) is 13.1 Å². The summed E-state index contributed by atoms with van der Waals surface area (Å²) in [6, 6.07) is 1.53. The number of aromatic nitrogens is 3. The van der Waals surface area contributed by atoms with Crippen LogP contribution < -0.4 is 5.56 Å². The Labute approximate surface area is 141 Å². The molecule has 0 saturated carbocycles. The van der Waals surface area contributed by atoms with Crippen LogP contribution in [0.1, 0.15) is 43.0 Å². The van der Waals surface area contributed by atoms with Crippen LogP contribution >= 0.6 is 0 Å². The van der Waals surface area contributed by atoms with Gasteiger partial charge in [-0.2, -0.15) is 0 Å². The molecule has 0 aromatic carbocycles. The summed E-state index contributed by atoms with van der Waals surface area (Å²) in [6.45, 7) is 3.65. The van der Waals surface area contributed by atoms with Crippen molar-refractivity contribution in [1.29, 1.82) is 0 Å². The fraction of sp³-hybridized carbons (Fsp3) is 0.611. The Kier molecular flexibility index (Phi) is 4.47. The summed E-state index contributed by atoms with van der Waals surface area (Å²) < 4.78 is 7.67. The normalized spacial score (nSPS) is 19.3. The van der Waals surface area contributed by atoms with Gasteiger partial charge in [-0.15, -0.1) is 0 Å². The molecule has 2 aliphatic rings. The monoisotopic (exact) mass is 328 g/mol. The predicted molar refractivity (Wildman–Crippen MR) is 89.6 cm³/mol. The Hall–Kier alpha value is -1.95. The Morgan fingerprint density at radius 2 is 2.04 bits per heavy atom. The summed E-state index contributed by atoms with van der Waals surface area (Å²) in [5.41, 5.74) is 1.22. The van der Waals surface area contributed by atoms with Gasteiger partial charge in [0, 0.05) is 25.2 Å². The van der Waals surface area contributed by atoms with Gasteiger partial charge in [-0.3, -0.25) is 14.3 Å². The molecule has 1 fully saturated rings. The molecular weight excluding hydrogens is 304 g/mol. The van der Waals surface area contributed by atoms with Crippen LogP contribution in [0, 0.1) is 5.92 Å². The molecule has 0 amide bonds. The zero-order chi connectivity index (χ0) is 16.4. The molecule has 6 heteroatoms. The van der Waals surface area contributed by atoms with Crippen LogP contribution in [0.25, 0.3) is 0 Å². The predicted octanol–water partition coefficient (Wildman–Crippen LogP) is 2.02. The number of hydrogen-bond acceptors (Lipinski definition) is 5. The van der Waals surface area contributed by atoms with E-state index in [2.05, 4.69) is 14.9 Å². The van der Waals surface area contributed by atoms with E-state index in [0.29, 0.717) is 5.92 Å². The highest BCUT2D eigenvalue weighted by molar-refractivity contribution is 5.13. The topological polar surface area (TPSA) is 64.2 Å². The number of likely N-dealkylation sites (tertiary alicyclic amines) is 1. The Bertz CT molecular complexity index is 720. The number of piperidine rings is 1. The summed E-state index contributed by atoms with van der Waals surface area (Å²) in [5.74, 6) is 2.53. The molecular formula is C18H24N4O2. The minimum atomic E-state index is 0.0396. The molecule has 2 aromatic heterocycles. The average molecular weight is 328 g/mol. The second-order valence-corrected chi connectivity index (χ2v) is 6.97. The van der Waals surface area contributed by atoms with E-state index in [1.807, 2.05) is 0 Å². The molecule has 0 unspecified atom stereocenters. The molecule has 1 saturated heterocycles. The van der Waals surface area contributed by atoms with Crippen LogP contribution in [0.5, 0.6) is 0 Å². The van der Waals surface area contributed by atoms with E-state index < -0.39 is 0 Å². The molecule has 1 aliphatic carbocycles. The number of oxazole rings is 1. The molecule has 24 heavy (non-hydrogen) atoms. The highest BCUT2D eigenvalue weighted by Gasteiger charge is 2.23. The summed E-state index contributed by atoms with van der Waals surface area (Å²) >= 11 is 0.